The number of hydrogen-bond acceptors (Lipinski definition) is 4. The monoisotopic (exact) mass is 494 g/mol. The predicted molar refractivity (Wildman–Crippen MR) is 134 cm³/mol. The molecule has 3 aromatic carbocycles. The molecule has 1 heterocycles. The molecule has 188 valence electrons. The number of hydrogen-bond donors (Lipinski definition) is 5. The summed E-state index contributed by atoms with van der Waals surface area (Å²) >= 11 is 0. The second kappa shape index (κ2) is 11.3. The number of carbonyl (C=O) groups excluding carboxylic acids is 1. The van der Waals surface area contributed by atoms with Gasteiger partial charge in [0, 0.05) is 19.2 Å². The lowest BCUT2D eigenvalue weighted by Crippen LogP contribution is -2.48. The van der Waals surface area contributed by atoms with Crippen molar-refractivity contribution >= 4 is 16.8 Å². The molecule has 0 aliphatic rings. The molecule has 0 spiro atoms. The van der Waals surface area contributed by atoms with E-state index in [9.17, 15) is 23.5 Å². The molecule has 0 radical (unpaired) electrons. The molecule has 0 aliphatic carbocycles. The maximum atomic E-state index is 13.8. The normalized spacial score (nSPS) is 13.0. The van der Waals surface area contributed by atoms with Crippen LogP contribution in [0.2, 0.25) is 0 Å². The highest BCUT2D eigenvalue weighted by Crippen LogP contribution is 2.16. The molecular weight excluding hydrogens is 466 g/mol. The van der Waals surface area contributed by atoms with Crippen LogP contribution in [-0.4, -0.2) is 39.9 Å². The number of rotatable bonds is 10. The summed E-state index contributed by atoms with van der Waals surface area (Å²) in [6.45, 7) is 2.69. The van der Waals surface area contributed by atoms with Gasteiger partial charge in [-0.15, -0.1) is 0 Å². The first kappa shape index (κ1) is 25.3. The van der Waals surface area contributed by atoms with Gasteiger partial charge in [-0.3, -0.25) is 19.8 Å². The first-order chi connectivity index (χ1) is 17.3. The van der Waals surface area contributed by atoms with Gasteiger partial charge >= 0.3 is 0 Å². The van der Waals surface area contributed by atoms with Crippen LogP contribution in [0.25, 0.3) is 10.9 Å². The van der Waals surface area contributed by atoms with Gasteiger partial charge in [-0.1, -0.05) is 37.3 Å². The maximum absolute atomic E-state index is 13.8. The van der Waals surface area contributed by atoms with E-state index in [0.717, 1.165) is 30.2 Å². The topological polar surface area (TPSA) is 110 Å². The number of H-pyrrole nitrogens is 2. The Morgan fingerprint density at radius 3 is 2.44 bits per heavy atom. The second-order valence-corrected chi connectivity index (χ2v) is 8.74. The Balaban J connectivity index is 1.52. The third-order valence-electron chi connectivity index (χ3n) is 6.09. The molecule has 9 heteroatoms. The predicted octanol–water partition coefficient (Wildman–Crippen LogP) is 3.19. The van der Waals surface area contributed by atoms with Crippen LogP contribution in [0.15, 0.2) is 65.5 Å². The van der Waals surface area contributed by atoms with E-state index in [1.54, 1.807) is 12.1 Å². The van der Waals surface area contributed by atoms with Crippen LogP contribution in [0, 0.1) is 11.6 Å². The van der Waals surface area contributed by atoms with Gasteiger partial charge in [0.15, 0.2) is 0 Å². The van der Waals surface area contributed by atoms with Crippen LogP contribution in [0.3, 0.4) is 0 Å². The van der Waals surface area contributed by atoms with E-state index >= 15 is 0 Å². The van der Waals surface area contributed by atoms with Crippen LogP contribution in [-0.2, 0) is 19.4 Å². The van der Waals surface area contributed by atoms with Gasteiger partial charge in [-0.2, -0.15) is 0 Å². The summed E-state index contributed by atoms with van der Waals surface area (Å²) in [6.07, 6.45) is -0.196. The second-order valence-electron chi connectivity index (χ2n) is 8.74. The first-order valence-electron chi connectivity index (χ1n) is 11.8. The minimum atomic E-state index is -1.08. The van der Waals surface area contributed by atoms with Crippen molar-refractivity contribution in [1.29, 1.82) is 0 Å². The molecule has 5 N–H and O–H groups in total. The first-order valence-corrected chi connectivity index (χ1v) is 11.8. The Kier molecular flexibility index (Phi) is 7.92. The molecular formula is C27H28F2N4O3. The zero-order chi connectivity index (χ0) is 25.7. The zero-order valence-corrected chi connectivity index (χ0v) is 19.8. The number of aliphatic hydroxyl groups excluding tert-OH is 1. The van der Waals surface area contributed by atoms with E-state index in [0.29, 0.717) is 12.1 Å². The number of benzene rings is 3. The molecule has 1 amide bonds. The molecule has 4 aromatic rings. The number of aromatic amines is 2. The average Bonchev–Trinajstić information content (AvgIpc) is 3.24. The van der Waals surface area contributed by atoms with Crippen molar-refractivity contribution in [2.24, 2.45) is 0 Å². The van der Waals surface area contributed by atoms with E-state index in [1.807, 2.05) is 18.2 Å². The van der Waals surface area contributed by atoms with Gasteiger partial charge in [0.2, 0.25) is 0 Å². The van der Waals surface area contributed by atoms with Crippen LogP contribution in [0.1, 0.15) is 34.0 Å². The standard InChI is InChI=1S/C27H28F2N4O3/c1-2-16-5-3-6-17(9-16)14-30-15-24(34)23(12-18-10-19(28)13-20(29)11-18)31-26(35)21-7-4-8-22-25(21)27(36)33-32-22/h3-11,13,23-24,30,34H,2,12,14-15H2,1H3,(H,31,35)(H2,32,33,36)/t23-,24+/m0/s1. The molecule has 2 atom stereocenters. The molecule has 7 nitrogen and oxygen atoms in total. The summed E-state index contributed by atoms with van der Waals surface area (Å²) in [5, 5.41) is 22.2. The van der Waals surface area contributed by atoms with Crippen molar-refractivity contribution in [1.82, 2.24) is 20.8 Å². The van der Waals surface area contributed by atoms with E-state index in [2.05, 4.69) is 33.8 Å². The molecule has 1 aromatic heterocycles. The number of aromatic nitrogens is 2. The van der Waals surface area contributed by atoms with Crippen LogP contribution in [0.4, 0.5) is 8.78 Å². The average molecular weight is 495 g/mol. The summed E-state index contributed by atoms with van der Waals surface area (Å²) in [7, 11) is 0. The molecule has 0 fully saturated rings. The number of fused-ring (bicyclic) bond motifs is 1. The Morgan fingerprint density at radius 2 is 1.69 bits per heavy atom. The van der Waals surface area contributed by atoms with E-state index in [-0.39, 0.29) is 29.5 Å². The van der Waals surface area contributed by atoms with Gasteiger partial charge in [-0.25, -0.2) is 8.78 Å². The maximum Gasteiger partial charge on any atom is 0.272 e. The fourth-order valence-corrected chi connectivity index (χ4v) is 4.26. The molecule has 0 unspecified atom stereocenters. The quantitative estimate of drug-likeness (QED) is 0.233. The molecule has 36 heavy (non-hydrogen) atoms. The summed E-state index contributed by atoms with van der Waals surface area (Å²) in [6, 6.07) is 15.0. The number of aryl methyl sites for hydroxylation is 1. The Morgan fingerprint density at radius 1 is 0.972 bits per heavy atom. The Labute approximate surface area is 206 Å². The third-order valence-corrected chi connectivity index (χ3v) is 6.09. The van der Waals surface area contributed by atoms with Crippen molar-refractivity contribution in [3.8, 4) is 0 Å². The lowest BCUT2D eigenvalue weighted by molar-refractivity contribution is 0.0831. The molecule has 0 bridgehead atoms. The number of nitrogens with one attached hydrogen (secondary N) is 4. The van der Waals surface area contributed by atoms with Crippen molar-refractivity contribution < 1.29 is 18.7 Å². The fourth-order valence-electron chi connectivity index (χ4n) is 4.26. The van der Waals surface area contributed by atoms with E-state index in [1.165, 1.54) is 11.6 Å². The van der Waals surface area contributed by atoms with Crippen molar-refractivity contribution in [2.75, 3.05) is 6.54 Å². The number of aliphatic hydroxyl groups is 1. The third kappa shape index (κ3) is 6.05. The van der Waals surface area contributed by atoms with Crippen LogP contribution >= 0.6 is 0 Å². The SMILES string of the molecule is CCc1cccc(CNC[C@@H](O)[C@H](Cc2cc(F)cc(F)c2)NC(=O)c2cccc3[nH][nH]c(=O)c23)c1. The lowest BCUT2D eigenvalue weighted by Gasteiger charge is -2.25. The van der Waals surface area contributed by atoms with Gasteiger partial charge in [-0.05, 0) is 53.8 Å². The lowest BCUT2D eigenvalue weighted by atomic mass is 9.99. The summed E-state index contributed by atoms with van der Waals surface area (Å²) in [5.41, 5.74) is 2.67. The highest BCUT2D eigenvalue weighted by molar-refractivity contribution is 6.06. The van der Waals surface area contributed by atoms with Gasteiger partial charge < -0.3 is 15.7 Å². The number of amides is 1. The molecule has 0 aliphatic heterocycles. The van der Waals surface area contributed by atoms with Crippen molar-refractivity contribution in [2.45, 2.75) is 38.5 Å². The van der Waals surface area contributed by atoms with Gasteiger partial charge in [0.25, 0.3) is 11.5 Å². The smallest absolute Gasteiger partial charge is 0.272 e. The van der Waals surface area contributed by atoms with Gasteiger partial charge in [0.05, 0.1) is 28.6 Å². The van der Waals surface area contributed by atoms with Crippen molar-refractivity contribution in [3.63, 3.8) is 0 Å². The van der Waals surface area contributed by atoms with Crippen LogP contribution in [0.5, 0.6) is 0 Å². The molecule has 0 saturated heterocycles. The minimum absolute atomic E-state index is 0.0198. The molecule has 0 saturated carbocycles. The largest absolute Gasteiger partial charge is 0.390 e. The molecule has 4 rings (SSSR count). The zero-order valence-electron chi connectivity index (χ0n) is 19.8. The van der Waals surface area contributed by atoms with E-state index in [4.69, 9.17) is 0 Å². The van der Waals surface area contributed by atoms with Crippen LogP contribution < -0.4 is 16.2 Å². The summed E-state index contributed by atoms with van der Waals surface area (Å²) in [5.74, 6) is -2.08. The highest BCUT2D eigenvalue weighted by Gasteiger charge is 2.24. The Bertz CT molecular complexity index is 1400. The fraction of sp³-hybridized carbons (Fsp3) is 0.259. The Hall–Kier alpha value is -3.82. The number of halogens is 2. The highest BCUT2D eigenvalue weighted by atomic mass is 19.1. The van der Waals surface area contributed by atoms with Gasteiger partial charge in [0.1, 0.15) is 11.6 Å². The number of carbonyl (C=O) groups is 1. The van der Waals surface area contributed by atoms with Crippen molar-refractivity contribution in [3.05, 3.63) is 105 Å². The summed E-state index contributed by atoms with van der Waals surface area (Å²) < 4.78 is 27.6. The minimum Gasteiger partial charge on any atom is -0.390 e. The van der Waals surface area contributed by atoms with E-state index < -0.39 is 35.2 Å². The summed E-state index contributed by atoms with van der Waals surface area (Å²) in [4.78, 5) is 25.4.